The lowest BCUT2D eigenvalue weighted by Gasteiger charge is -2.41. The molecule has 0 spiro atoms. The molecule has 2 aromatic carbocycles. The molecule has 2 atom stereocenters. The Morgan fingerprint density at radius 1 is 0.971 bits per heavy atom. The fourth-order valence-corrected chi connectivity index (χ4v) is 4.65. The molecule has 4 rings (SSSR count). The van der Waals surface area contributed by atoms with Gasteiger partial charge in [-0.1, -0.05) is 30.3 Å². The summed E-state index contributed by atoms with van der Waals surface area (Å²) in [6.45, 7) is 0.828. The Morgan fingerprint density at radius 3 is 2.20 bits per heavy atom. The summed E-state index contributed by atoms with van der Waals surface area (Å²) in [6, 6.07) is 10.8. The van der Waals surface area contributed by atoms with Gasteiger partial charge < -0.3 is 4.74 Å². The van der Waals surface area contributed by atoms with E-state index in [0.717, 1.165) is 18.5 Å². The minimum absolute atomic E-state index is 0. The van der Waals surface area contributed by atoms with Crippen molar-refractivity contribution in [3.8, 4) is 0 Å². The predicted octanol–water partition coefficient (Wildman–Crippen LogP) is 6.92. The molecule has 2 heterocycles. The summed E-state index contributed by atoms with van der Waals surface area (Å²) in [5, 5.41) is 0. The highest BCUT2D eigenvalue weighted by molar-refractivity contribution is 7.03. The van der Waals surface area contributed by atoms with Crippen molar-refractivity contribution in [1.29, 1.82) is 0 Å². The Balaban J connectivity index is 0.00000342. The molecule has 190 valence electrons. The largest absolute Gasteiger partial charge is 0.416 e. The van der Waals surface area contributed by atoms with Crippen LogP contribution in [0.1, 0.15) is 47.0 Å². The maximum Gasteiger partial charge on any atom is 0.416 e. The second-order valence-corrected chi connectivity index (χ2v) is 8.68. The van der Waals surface area contributed by atoms with E-state index in [4.69, 9.17) is 4.74 Å². The van der Waals surface area contributed by atoms with Crippen molar-refractivity contribution < 1.29 is 31.1 Å². The summed E-state index contributed by atoms with van der Waals surface area (Å²) in [5.74, 6) is 0.652. The molecule has 12 heteroatoms. The van der Waals surface area contributed by atoms with Crippen LogP contribution in [0.3, 0.4) is 0 Å². The number of rotatable bonds is 6. The van der Waals surface area contributed by atoms with Gasteiger partial charge in [0.05, 0.1) is 36.4 Å². The molecule has 0 N–H and O–H groups in total. The van der Waals surface area contributed by atoms with E-state index in [-0.39, 0.29) is 36.7 Å². The van der Waals surface area contributed by atoms with E-state index in [1.54, 1.807) is 5.51 Å². The molecule has 0 amide bonds. The van der Waals surface area contributed by atoms with Gasteiger partial charge in [-0.05, 0) is 60.2 Å². The lowest BCUT2D eigenvalue weighted by molar-refractivity contribution is -0.143. The van der Waals surface area contributed by atoms with Gasteiger partial charge in [0.1, 0.15) is 5.51 Å². The third-order valence-corrected chi connectivity index (χ3v) is 6.20. The van der Waals surface area contributed by atoms with Gasteiger partial charge >= 0.3 is 12.4 Å². The van der Waals surface area contributed by atoms with Gasteiger partial charge in [0.25, 0.3) is 0 Å². The van der Waals surface area contributed by atoms with Gasteiger partial charge in [-0.3, -0.25) is 4.90 Å². The molecule has 0 unspecified atom stereocenters. The molecule has 0 saturated carbocycles. The third kappa shape index (κ3) is 6.93. The first kappa shape index (κ1) is 27.4. The Bertz CT molecular complexity index is 1050. The molecule has 1 fully saturated rings. The molecular weight excluding hydrogens is 516 g/mol. The number of aromatic nitrogens is 2. The summed E-state index contributed by atoms with van der Waals surface area (Å²) in [6.07, 6.45) is -8.85. The lowest BCUT2D eigenvalue weighted by atomic mass is 9.92. The molecule has 0 radical (unpaired) electrons. The predicted molar refractivity (Wildman–Crippen MR) is 121 cm³/mol. The smallest absolute Gasteiger partial charge is 0.372 e. The highest BCUT2D eigenvalue weighted by atomic mass is 35.5. The minimum Gasteiger partial charge on any atom is -0.372 e. The fraction of sp³-hybridized carbons (Fsp3) is 0.391. The van der Waals surface area contributed by atoms with Gasteiger partial charge in [0.15, 0.2) is 5.82 Å². The zero-order chi connectivity index (χ0) is 24.3. The number of alkyl halides is 6. The minimum atomic E-state index is -4.90. The van der Waals surface area contributed by atoms with Gasteiger partial charge in [-0.2, -0.15) is 30.7 Å². The summed E-state index contributed by atoms with van der Waals surface area (Å²) >= 11 is 1.24. The van der Waals surface area contributed by atoms with Crippen LogP contribution in [0, 0.1) is 0 Å². The number of nitrogens with zero attached hydrogens (tertiary/aromatic N) is 3. The number of benzene rings is 2. The summed E-state index contributed by atoms with van der Waals surface area (Å²) in [7, 11) is 0. The summed E-state index contributed by atoms with van der Waals surface area (Å²) in [4.78, 5) is 6.37. The summed E-state index contributed by atoms with van der Waals surface area (Å²) < 4.78 is 89.6. The average molecular weight is 538 g/mol. The monoisotopic (exact) mass is 537 g/mol. The molecule has 1 aliphatic rings. The van der Waals surface area contributed by atoms with Crippen molar-refractivity contribution in [2.75, 3.05) is 6.54 Å². The Morgan fingerprint density at radius 2 is 1.63 bits per heavy atom. The molecule has 1 aliphatic heterocycles. The maximum absolute atomic E-state index is 13.2. The molecule has 0 bridgehead atoms. The van der Waals surface area contributed by atoms with E-state index in [1.165, 1.54) is 11.5 Å². The van der Waals surface area contributed by atoms with E-state index in [0.29, 0.717) is 30.9 Å². The number of hydrogen-bond acceptors (Lipinski definition) is 5. The lowest BCUT2D eigenvalue weighted by Crippen LogP contribution is -2.42. The standard InChI is InChI=1S/C23H21F6N3OS.ClH/c24-22(25,26)17-9-15(10-18(11-17)23(27,28)29)13-33-19-7-4-8-32(12-20-30-14-34-31-20)21(19)16-5-2-1-3-6-16;/h1-3,5-6,9-11,14,19,21H,4,7-8,12-13H2;1H/t19-,21-;/m0./s1. The van der Waals surface area contributed by atoms with E-state index >= 15 is 0 Å². The van der Waals surface area contributed by atoms with Crippen molar-refractivity contribution in [3.63, 3.8) is 0 Å². The molecule has 35 heavy (non-hydrogen) atoms. The van der Waals surface area contributed by atoms with Crippen molar-refractivity contribution >= 4 is 23.9 Å². The second-order valence-electron chi connectivity index (χ2n) is 8.08. The molecule has 1 aromatic heterocycles. The highest BCUT2D eigenvalue weighted by Gasteiger charge is 2.38. The first-order valence-electron chi connectivity index (χ1n) is 10.6. The zero-order valence-electron chi connectivity index (χ0n) is 18.2. The highest BCUT2D eigenvalue weighted by Crippen LogP contribution is 2.38. The number of ether oxygens (including phenoxy) is 1. The topological polar surface area (TPSA) is 38.2 Å². The SMILES string of the molecule is Cl.FC(F)(F)c1cc(CO[C@H]2CCCN(Cc3ncsn3)[C@H]2c2ccccc2)cc(C(F)(F)F)c1. The third-order valence-electron chi connectivity index (χ3n) is 5.68. The first-order chi connectivity index (χ1) is 16.1. The van der Waals surface area contributed by atoms with Gasteiger partial charge in [0, 0.05) is 0 Å². The Labute approximate surface area is 208 Å². The van der Waals surface area contributed by atoms with Crippen LogP contribution in [0.15, 0.2) is 54.0 Å². The van der Waals surface area contributed by atoms with Crippen molar-refractivity contribution in [1.82, 2.24) is 14.3 Å². The van der Waals surface area contributed by atoms with Crippen LogP contribution in [0.2, 0.25) is 0 Å². The van der Waals surface area contributed by atoms with Crippen LogP contribution < -0.4 is 0 Å². The van der Waals surface area contributed by atoms with Crippen molar-refractivity contribution in [2.24, 2.45) is 0 Å². The van der Waals surface area contributed by atoms with E-state index in [1.807, 2.05) is 30.3 Å². The molecule has 1 saturated heterocycles. The van der Waals surface area contributed by atoms with Crippen LogP contribution in [0.5, 0.6) is 0 Å². The maximum atomic E-state index is 13.2. The second kappa shape index (κ2) is 11.2. The normalized spacial score (nSPS) is 19.4. The quantitative estimate of drug-likeness (QED) is 0.320. The van der Waals surface area contributed by atoms with Gasteiger partial charge in [-0.15, -0.1) is 12.4 Å². The van der Waals surface area contributed by atoms with Crippen LogP contribution in [0.4, 0.5) is 26.3 Å². The van der Waals surface area contributed by atoms with E-state index < -0.39 is 29.6 Å². The first-order valence-corrected chi connectivity index (χ1v) is 11.4. The molecular formula is C23H22ClF6N3OS. The van der Waals surface area contributed by atoms with Crippen LogP contribution in [0.25, 0.3) is 0 Å². The van der Waals surface area contributed by atoms with Crippen LogP contribution in [-0.2, 0) is 30.2 Å². The van der Waals surface area contributed by atoms with Gasteiger partial charge in [0.2, 0.25) is 0 Å². The van der Waals surface area contributed by atoms with Gasteiger partial charge in [-0.25, -0.2) is 4.98 Å². The van der Waals surface area contributed by atoms with Crippen LogP contribution >= 0.6 is 23.9 Å². The van der Waals surface area contributed by atoms with Crippen LogP contribution in [-0.4, -0.2) is 26.9 Å². The zero-order valence-corrected chi connectivity index (χ0v) is 19.9. The van der Waals surface area contributed by atoms with E-state index in [2.05, 4.69) is 14.3 Å². The number of hydrogen-bond donors (Lipinski definition) is 0. The molecule has 3 aromatic rings. The van der Waals surface area contributed by atoms with Crippen molar-refractivity contribution in [2.45, 2.75) is 50.5 Å². The number of likely N-dealkylation sites (tertiary alicyclic amines) is 1. The van der Waals surface area contributed by atoms with E-state index in [9.17, 15) is 26.3 Å². The van der Waals surface area contributed by atoms with Crippen molar-refractivity contribution in [3.05, 3.63) is 82.1 Å². The molecule has 0 aliphatic carbocycles. The fourth-order valence-electron chi connectivity index (χ4n) is 4.20. The number of piperidine rings is 1. The molecule has 4 nitrogen and oxygen atoms in total. The summed E-state index contributed by atoms with van der Waals surface area (Å²) in [5.41, 5.74) is -0.285. The Hall–Kier alpha value is -2.21. The number of halogens is 7. The average Bonchev–Trinajstić information content (AvgIpc) is 3.30. The Kier molecular flexibility index (Phi) is 8.79.